The molecule has 0 spiro atoms. The van der Waals surface area contributed by atoms with E-state index in [-0.39, 0.29) is 0 Å². The number of hydrogen-bond acceptors (Lipinski definition) is 4. The van der Waals surface area contributed by atoms with Crippen LogP contribution in [0.4, 0.5) is 0 Å². The number of β-amino-alcohol motifs (C(OH)–C–C–N with tert-alkyl or cyclic N) is 1. The zero-order chi connectivity index (χ0) is 15.5. The Balaban J connectivity index is 1.90. The molecule has 1 aliphatic heterocycles. The zero-order valence-electron chi connectivity index (χ0n) is 12.7. The molecule has 1 aliphatic rings. The molecule has 0 radical (unpaired) electrons. The van der Waals surface area contributed by atoms with Gasteiger partial charge in [0.15, 0.2) is 0 Å². The van der Waals surface area contributed by atoms with Crippen LogP contribution in [-0.4, -0.2) is 64.7 Å². The smallest absolute Gasteiger partial charge is 0.320 e. The Labute approximate surface area is 125 Å². The number of aliphatic carboxylic acids is 1. The number of carbonyl (C=O) groups is 1. The molecule has 0 amide bonds. The molecule has 1 aromatic rings. The summed E-state index contributed by atoms with van der Waals surface area (Å²) in [4.78, 5) is 15.2. The highest BCUT2D eigenvalue weighted by atomic mass is 16.4. The lowest BCUT2D eigenvalue weighted by Gasteiger charge is -2.39. The average molecular weight is 292 g/mol. The highest BCUT2D eigenvalue weighted by Gasteiger charge is 2.30. The van der Waals surface area contributed by atoms with Crippen LogP contribution in [0.25, 0.3) is 0 Å². The van der Waals surface area contributed by atoms with Crippen LogP contribution in [-0.2, 0) is 10.4 Å². The van der Waals surface area contributed by atoms with Gasteiger partial charge in [-0.1, -0.05) is 30.3 Å². The van der Waals surface area contributed by atoms with E-state index in [0.29, 0.717) is 6.54 Å². The van der Waals surface area contributed by atoms with Gasteiger partial charge in [0.1, 0.15) is 6.04 Å². The molecule has 2 unspecified atom stereocenters. The van der Waals surface area contributed by atoms with E-state index in [0.717, 1.165) is 31.7 Å². The maximum absolute atomic E-state index is 11.0. The minimum absolute atomic E-state index is 0.443. The summed E-state index contributed by atoms with van der Waals surface area (Å²) in [6.07, 6.45) is 0. The van der Waals surface area contributed by atoms with Gasteiger partial charge in [0.25, 0.3) is 0 Å². The SMILES string of the molecule is CC(C(=O)O)N1CCN(CC(C)(O)c2ccccc2)CC1. The van der Waals surface area contributed by atoms with Crippen molar-refractivity contribution < 1.29 is 15.0 Å². The second kappa shape index (κ2) is 6.56. The third-order valence-corrected chi connectivity index (χ3v) is 4.24. The number of rotatable bonds is 5. The Hall–Kier alpha value is -1.43. The van der Waals surface area contributed by atoms with Gasteiger partial charge in [0.2, 0.25) is 0 Å². The molecular weight excluding hydrogens is 268 g/mol. The predicted molar refractivity (Wildman–Crippen MR) is 81.1 cm³/mol. The fourth-order valence-corrected chi connectivity index (χ4v) is 2.79. The first-order valence-electron chi connectivity index (χ1n) is 7.37. The fraction of sp³-hybridized carbons (Fsp3) is 0.562. The van der Waals surface area contributed by atoms with Crippen molar-refractivity contribution in [1.29, 1.82) is 0 Å². The molecule has 116 valence electrons. The molecular formula is C16H24N2O3. The highest BCUT2D eigenvalue weighted by molar-refractivity contribution is 5.72. The highest BCUT2D eigenvalue weighted by Crippen LogP contribution is 2.22. The molecule has 0 aliphatic carbocycles. The number of carboxylic acids is 1. The second-order valence-electron chi connectivity index (χ2n) is 5.97. The first-order valence-corrected chi connectivity index (χ1v) is 7.37. The first kappa shape index (κ1) is 15.9. The van der Waals surface area contributed by atoms with Gasteiger partial charge in [-0.25, -0.2) is 0 Å². The fourth-order valence-electron chi connectivity index (χ4n) is 2.79. The Kier molecular flexibility index (Phi) is 4.98. The molecule has 2 atom stereocenters. The Morgan fingerprint density at radius 1 is 1.24 bits per heavy atom. The van der Waals surface area contributed by atoms with Crippen molar-refractivity contribution in [2.24, 2.45) is 0 Å². The van der Waals surface area contributed by atoms with Crippen molar-refractivity contribution in [1.82, 2.24) is 9.80 Å². The van der Waals surface area contributed by atoms with Gasteiger partial charge >= 0.3 is 5.97 Å². The van der Waals surface area contributed by atoms with Gasteiger partial charge in [0, 0.05) is 32.7 Å². The number of carboxylic acid groups (broad SMARTS) is 1. The summed E-state index contributed by atoms with van der Waals surface area (Å²) in [6.45, 7) is 7.11. The van der Waals surface area contributed by atoms with E-state index >= 15 is 0 Å². The molecule has 5 heteroatoms. The Morgan fingerprint density at radius 3 is 2.33 bits per heavy atom. The number of nitrogens with zero attached hydrogens (tertiary/aromatic N) is 2. The van der Waals surface area contributed by atoms with Crippen molar-refractivity contribution in [2.45, 2.75) is 25.5 Å². The second-order valence-corrected chi connectivity index (χ2v) is 5.97. The summed E-state index contributed by atoms with van der Waals surface area (Å²) in [5, 5.41) is 19.7. The molecule has 0 bridgehead atoms. The van der Waals surface area contributed by atoms with Crippen LogP contribution < -0.4 is 0 Å². The van der Waals surface area contributed by atoms with Crippen molar-refractivity contribution in [3.8, 4) is 0 Å². The lowest BCUT2D eigenvalue weighted by atomic mass is 9.95. The summed E-state index contributed by atoms with van der Waals surface area (Å²) < 4.78 is 0. The molecule has 1 aromatic carbocycles. The molecule has 21 heavy (non-hydrogen) atoms. The van der Waals surface area contributed by atoms with Crippen molar-refractivity contribution in [3.05, 3.63) is 35.9 Å². The van der Waals surface area contributed by atoms with Crippen LogP contribution in [0.1, 0.15) is 19.4 Å². The van der Waals surface area contributed by atoms with Crippen LogP contribution in [0.5, 0.6) is 0 Å². The van der Waals surface area contributed by atoms with Crippen LogP contribution in [0.3, 0.4) is 0 Å². The van der Waals surface area contributed by atoms with Crippen LogP contribution in [0.2, 0.25) is 0 Å². The van der Waals surface area contributed by atoms with E-state index in [4.69, 9.17) is 5.11 Å². The molecule has 1 heterocycles. The lowest BCUT2D eigenvalue weighted by molar-refractivity contribution is -0.143. The van der Waals surface area contributed by atoms with E-state index < -0.39 is 17.6 Å². The van der Waals surface area contributed by atoms with Gasteiger partial charge < -0.3 is 10.2 Å². The van der Waals surface area contributed by atoms with Gasteiger partial charge in [-0.05, 0) is 19.4 Å². The minimum Gasteiger partial charge on any atom is -0.480 e. The maximum atomic E-state index is 11.0. The van der Waals surface area contributed by atoms with E-state index in [1.165, 1.54) is 0 Å². The lowest BCUT2D eigenvalue weighted by Crippen LogP contribution is -2.54. The summed E-state index contributed by atoms with van der Waals surface area (Å²) in [7, 11) is 0. The van der Waals surface area contributed by atoms with E-state index in [1.807, 2.05) is 42.2 Å². The van der Waals surface area contributed by atoms with Crippen LogP contribution >= 0.6 is 0 Å². The molecule has 0 aromatic heterocycles. The largest absolute Gasteiger partial charge is 0.480 e. The minimum atomic E-state index is -0.887. The van der Waals surface area contributed by atoms with Crippen molar-refractivity contribution in [2.75, 3.05) is 32.7 Å². The Bertz CT molecular complexity index is 468. The van der Waals surface area contributed by atoms with E-state index in [9.17, 15) is 9.90 Å². The number of aliphatic hydroxyl groups is 1. The van der Waals surface area contributed by atoms with E-state index in [2.05, 4.69) is 4.90 Å². The third-order valence-electron chi connectivity index (χ3n) is 4.24. The number of benzene rings is 1. The standard InChI is InChI=1S/C16H24N2O3/c1-13(15(19)20)18-10-8-17(9-11-18)12-16(2,21)14-6-4-3-5-7-14/h3-7,13,21H,8-12H2,1-2H3,(H,19,20). The molecule has 1 fully saturated rings. The van der Waals surface area contributed by atoms with Gasteiger partial charge in [0.05, 0.1) is 5.60 Å². The van der Waals surface area contributed by atoms with Crippen molar-refractivity contribution in [3.63, 3.8) is 0 Å². The maximum Gasteiger partial charge on any atom is 0.320 e. The van der Waals surface area contributed by atoms with Gasteiger partial charge in [-0.3, -0.25) is 14.6 Å². The quantitative estimate of drug-likeness (QED) is 0.847. The topological polar surface area (TPSA) is 64.0 Å². The number of piperazine rings is 1. The van der Waals surface area contributed by atoms with Gasteiger partial charge in [-0.2, -0.15) is 0 Å². The van der Waals surface area contributed by atoms with E-state index in [1.54, 1.807) is 6.92 Å². The monoisotopic (exact) mass is 292 g/mol. The van der Waals surface area contributed by atoms with Crippen molar-refractivity contribution >= 4 is 5.97 Å². The Morgan fingerprint density at radius 2 is 1.81 bits per heavy atom. The molecule has 2 N–H and O–H groups in total. The molecule has 0 saturated carbocycles. The average Bonchev–Trinajstić information content (AvgIpc) is 2.48. The normalized spacial score (nSPS) is 21.7. The third kappa shape index (κ3) is 4.03. The summed E-state index contributed by atoms with van der Waals surface area (Å²) in [6, 6.07) is 9.21. The van der Waals surface area contributed by atoms with Gasteiger partial charge in [-0.15, -0.1) is 0 Å². The molecule has 1 saturated heterocycles. The van der Waals surface area contributed by atoms with Crippen LogP contribution in [0, 0.1) is 0 Å². The summed E-state index contributed by atoms with van der Waals surface area (Å²) in [5.74, 6) is -0.778. The zero-order valence-corrected chi connectivity index (χ0v) is 12.7. The summed E-state index contributed by atoms with van der Waals surface area (Å²) >= 11 is 0. The molecule has 5 nitrogen and oxygen atoms in total. The first-order chi connectivity index (χ1) is 9.90. The number of hydrogen-bond donors (Lipinski definition) is 2. The molecule has 2 rings (SSSR count). The predicted octanol–water partition coefficient (Wildman–Crippen LogP) is 0.985. The summed E-state index contributed by atoms with van der Waals surface area (Å²) in [5.41, 5.74) is 0.0216. The van der Waals surface area contributed by atoms with Crippen LogP contribution in [0.15, 0.2) is 30.3 Å².